The van der Waals surface area contributed by atoms with Gasteiger partial charge in [0.15, 0.2) is 0 Å². The van der Waals surface area contributed by atoms with Gasteiger partial charge >= 0.3 is 6.18 Å². The first-order valence-corrected chi connectivity index (χ1v) is 13.8. The Hall–Kier alpha value is -3.00. The predicted octanol–water partition coefficient (Wildman–Crippen LogP) is 5.67. The number of hydroxylamine groups is 3. The number of hydrogen-bond acceptors (Lipinski definition) is 6. The smallest absolute Gasteiger partial charge is 0.375 e. The normalized spacial score (nSPS) is 20.5. The molecule has 1 saturated carbocycles. The van der Waals surface area contributed by atoms with Gasteiger partial charge in [-0.15, -0.1) is 0 Å². The van der Waals surface area contributed by atoms with Crippen LogP contribution in [0.5, 0.6) is 0 Å². The molecule has 0 radical (unpaired) electrons. The van der Waals surface area contributed by atoms with Crippen molar-refractivity contribution >= 4 is 33.1 Å². The van der Waals surface area contributed by atoms with Crippen LogP contribution in [0.1, 0.15) is 36.3 Å². The summed E-state index contributed by atoms with van der Waals surface area (Å²) in [6, 6.07) is 7.47. The minimum atomic E-state index is -4.47. The summed E-state index contributed by atoms with van der Waals surface area (Å²) < 4.78 is 81.9. The van der Waals surface area contributed by atoms with Gasteiger partial charge in [0, 0.05) is 12.6 Å². The summed E-state index contributed by atoms with van der Waals surface area (Å²) in [7, 11) is -1.26. The van der Waals surface area contributed by atoms with Crippen molar-refractivity contribution in [2.24, 2.45) is 0 Å². The molecular weight excluding hydrogens is 562 g/mol. The zero-order valence-corrected chi connectivity index (χ0v) is 22.5. The van der Waals surface area contributed by atoms with E-state index in [1.165, 1.54) is 18.3 Å². The van der Waals surface area contributed by atoms with E-state index in [1.54, 1.807) is 20.2 Å². The van der Waals surface area contributed by atoms with Crippen molar-refractivity contribution in [2.75, 3.05) is 24.1 Å². The summed E-state index contributed by atoms with van der Waals surface area (Å²) in [6.45, 7) is 0. The molecule has 0 amide bonds. The van der Waals surface area contributed by atoms with E-state index in [4.69, 9.17) is 11.6 Å². The van der Waals surface area contributed by atoms with E-state index in [2.05, 4.69) is 20.0 Å². The van der Waals surface area contributed by atoms with Crippen LogP contribution in [0.4, 0.5) is 29.1 Å². The van der Waals surface area contributed by atoms with Crippen molar-refractivity contribution in [1.29, 1.82) is 0 Å². The van der Waals surface area contributed by atoms with Gasteiger partial charge in [-0.25, -0.2) is 28.0 Å². The predicted molar refractivity (Wildman–Crippen MR) is 137 cm³/mol. The van der Waals surface area contributed by atoms with Gasteiger partial charge in [0.1, 0.15) is 28.9 Å². The van der Waals surface area contributed by atoms with Crippen LogP contribution < -0.4 is 10.0 Å². The lowest BCUT2D eigenvalue weighted by molar-refractivity contribution is -1.09. The molecule has 4 rings (SSSR count). The number of hydrogen-bond donors (Lipinski definition) is 3. The highest BCUT2D eigenvalue weighted by Crippen LogP contribution is 2.40. The van der Waals surface area contributed by atoms with Crippen LogP contribution in [0, 0.1) is 5.82 Å². The highest BCUT2D eigenvalue weighted by Gasteiger charge is 2.42. The number of benzene rings is 2. The summed E-state index contributed by atoms with van der Waals surface area (Å²) in [5.74, 6) is -1.35. The molecule has 3 aromatic rings. The van der Waals surface area contributed by atoms with Crippen LogP contribution in [0.25, 0.3) is 0 Å². The summed E-state index contributed by atoms with van der Waals surface area (Å²) >= 11 is 6.36. The number of nitrogens with one attached hydrogen (secondary N) is 2. The summed E-state index contributed by atoms with van der Waals surface area (Å²) in [4.78, 5) is 6.77. The van der Waals surface area contributed by atoms with Crippen LogP contribution in [-0.4, -0.2) is 54.4 Å². The van der Waals surface area contributed by atoms with Gasteiger partial charge < -0.3 is 5.32 Å². The second-order valence-electron chi connectivity index (χ2n) is 9.89. The molecule has 1 aliphatic rings. The Morgan fingerprint density at radius 2 is 1.87 bits per heavy atom. The fourth-order valence-corrected chi connectivity index (χ4v) is 6.25. The van der Waals surface area contributed by atoms with E-state index >= 15 is 4.39 Å². The Morgan fingerprint density at radius 3 is 2.51 bits per heavy atom. The van der Waals surface area contributed by atoms with E-state index in [0.29, 0.717) is 24.8 Å². The SMILES string of the molecule is C[N+](C)(O)[C@H]1C[C@@H](c2cccc(C(F)(F)F)c2)CCC1Nc1cc(F)c(S(=O)(=O)Nc2ccncn2)cc1Cl. The number of nitrogens with zero attached hydrogens (tertiary/aromatic N) is 3. The van der Waals surface area contributed by atoms with Crippen LogP contribution in [0.3, 0.4) is 0 Å². The van der Waals surface area contributed by atoms with Crippen LogP contribution in [0.2, 0.25) is 5.02 Å². The molecule has 14 heteroatoms. The molecule has 3 N–H and O–H groups in total. The molecule has 8 nitrogen and oxygen atoms in total. The molecule has 39 heavy (non-hydrogen) atoms. The minimum Gasteiger partial charge on any atom is -0.375 e. The first kappa shape index (κ1) is 29.0. The van der Waals surface area contributed by atoms with E-state index in [-0.39, 0.29) is 22.4 Å². The van der Waals surface area contributed by atoms with Gasteiger partial charge in [0.25, 0.3) is 10.0 Å². The summed E-state index contributed by atoms with van der Waals surface area (Å²) in [5.41, 5.74) is -0.0891. The Bertz CT molecular complexity index is 1440. The number of aromatic nitrogens is 2. The Balaban J connectivity index is 1.56. The van der Waals surface area contributed by atoms with Gasteiger partial charge in [0.2, 0.25) is 0 Å². The maximum atomic E-state index is 15.0. The van der Waals surface area contributed by atoms with E-state index in [1.807, 2.05) is 0 Å². The fourth-order valence-electron chi connectivity index (χ4n) is 4.87. The maximum Gasteiger partial charge on any atom is 0.416 e. The Labute approximate surface area is 228 Å². The third-order valence-corrected chi connectivity index (χ3v) is 8.47. The van der Waals surface area contributed by atoms with Gasteiger partial charge in [-0.2, -0.15) is 17.8 Å². The Kier molecular flexibility index (Phi) is 8.08. The lowest BCUT2D eigenvalue weighted by Gasteiger charge is -2.42. The van der Waals surface area contributed by atoms with E-state index < -0.39 is 49.2 Å². The minimum absolute atomic E-state index is 0.0500. The number of rotatable bonds is 7. The molecule has 1 unspecified atom stereocenters. The number of halogens is 5. The number of alkyl halides is 3. The zero-order chi connectivity index (χ0) is 28.6. The van der Waals surface area contributed by atoms with E-state index in [9.17, 15) is 26.8 Å². The molecule has 0 aliphatic heterocycles. The molecule has 1 aliphatic carbocycles. The molecule has 210 valence electrons. The van der Waals surface area contributed by atoms with Crippen LogP contribution in [0.15, 0.2) is 59.9 Å². The number of sulfonamides is 1. The van der Waals surface area contributed by atoms with Crippen LogP contribution in [-0.2, 0) is 16.2 Å². The average Bonchev–Trinajstić information content (AvgIpc) is 2.85. The van der Waals surface area contributed by atoms with Gasteiger partial charge in [0.05, 0.1) is 36.4 Å². The van der Waals surface area contributed by atoms with Crippen LogP contribution >= 0.6 is 11.6 Å². The molecule has 1 aromatic heterocycles. The molecule has 1 fully saturated rings. The average molecular weight is 589 g/mol. The monoisotopic (exact) mass is 588 g/mol. The number of quaternary nitrogens is 1. The number of anilines is 2. The third kappa shape index (κ3) is 6.78. The second-order valence-corrected chi connectivity index (χ2v) is 12.0. The lowest BCUT2D eigenvalue weighted by Crippen LogP contribution is -2.56. The standard InChI is InChI=1S/C25H27ClF4N5O3S/c1-35(2,36)22-11-16(15-4-3-5-17(10-15)25(28,29)30)6-7-20(22)33-21-13-19(27)23(12-18(21)26)39(37,38)34-24-8-9-31-14-32-24/h3-5,8-10,12-14,16,20,22,33,36H,6-7,11H2,1-2H3,(H,31,32,34)/q+1/t16-,20?,22-/m0/s1. The van der Waals surface area contributed by atoms with Crippen molar-refractivity contribution in [3.63, 3.8) is 0 Å². The molecule has 0 bridgehead atoms. The lowest BCUT2D eigenvalue weighted by atomic mass is 9.77. The van der Waals surface area contributed by atoms with Crippen molar-refractivity contribution < 1.29 is 35.8 Å². The molecule has 2 aromatic carbocycles. The van der Waals surface area contributed by atoms with Gasteiger partial charge in [-0.3, -0.25) is 4.72 Å². The zero-order valence-electron chi connectivity index (χ0n) is 21.0. The molecule has 0 spiro atoms. The summed E-state index contributed by atoms with van der Waals surface area (Å²) in [5, 5.41) is 13.9. The highest BCUT2D eigenvalue weighted by molar-refractivity contribution is 7.92. The largest absolute Gasteiger partial charge is 0.416 e. The maximum absolute atomic E-state index is 15.0. The summed E-state index contributed by atoms with van der Waals surface area (Å²) in [6.07, 6.45) is -0.733. The number of likely N-dealkylation sites (N-methyl/N-ethyl adjacent to an activating group) is 1. The molecule has 3 atom stereocenters. The molecular formula is C25H27ClF4N5O3S+. The second kappa shape index (κ2) is 10.9. The van der Waals surface area contributed by atoms with Gasteiger partial charge in [-0.1, -0.05) is 29.8 Å². The first-order chi connectivity index (χ1) is 18.1. The van der Waals surface area contributed by atoms with Crippen molar-refractivity contribution in [3.05, 3.63) is 77.0 Å². The Morgan fingerprint density at radius 1 is 1.13 bits per heavy atom. The molecule has 1 heterocycles. The van der Waals surface area contributed by atoms with Crippen molar-refractivity contribution in [1.82, 2.24) is 9.97 Å². The first-order valence-electron chi connectivity index (χ1n) is 11.9. The van der Waals surface area contributed by atoms with Gasteiger partial charge in [-0.05, 0) is 48.6 Å². The fraction of sp³-hybridized carbons (Fsp3) is 0.360. The van der Waals surface area contributed by atoms with Crippen molar-refractivity contribution in [2.45, 2.75) is 48.3 Å². The third-order valence-electron chi connectivity index (χ3n) is 6.79. The highest BCUT2D eigenvalue weighted by atomic mass is 35.5. The van der Waals surface area contributed by atoms with E-state index in [0.717, 1.165) is 30.6 Å². The molecule has 0 saturated heterocycles. The van der Waals surface area contributed by atoms with Crippen molar-refractivity contribution in [3.8, 4) is 0 Å². The quantitative estimate of drug-likeness (QED) is 0.187. The topological polar surface area (TPSA) is 104 Å².